The highest BCUT2D eigenvalue weighted by Gasteiger charge is 2.31. The first-order valence-electron chi connectivity index (χ1n) is 12.7. The summed E-state index contributed by atoms with van der Waals surface area (Å²) in [5.41, 5.74) is 7.59. The van der Waals surface area contributed by atoms with Crippen LogP contribution in [-0.4, -0.2) is 93.0 Å². The molecule has 0 spiro atoms. The molecule has 4 atom stereocenters. The van der Waals surface area contributed by atoms with Crippen molar-refractivity contribution in [2.75, 3.05) is 24.0 Å². The molecule has 0 aliphatic rings. The highest BCUT2D eigenvalue weighted by atomic mass is 32.2. The van der Waals surface area contributed by atoms with Gasteiger partial charge in [-0.25, -0.2) is 4.79 Å². The number of aromatic nitrogens is 1. The summed E-state index contributed by atoms with van der Waals surface area (Å²) in [7, 11) is 0. The van der Waals surface area contributed by atoms with E-state index in [-0.39, 0.29) is 19.3 Å². The van der Waals surface area contributed by atoms with E-state index in [1.165, 1.54) is 23.5 Å². The number of aliphatic carboxylic acids is 2. The van der Waals surface area contributed by atoms with E-state index in [4.69, 9.17) is 5.73 Å². The third kappa shape index (κ3) is 10.4. The summed E-state index contributed by atoms with van der Waals surface area (Å²) >= 11 is 2.94. The van der Waals surface area contributed by atoms with Gasteiger partial charge in [0.2, 0.25) is 17.7 Å². The highest BCUT2D eigenvalue weighted by Crippen LogP contribution is 2.19. The Hall–Kier alpha value is -3.23. The monoisotopic (exact) mass is 595 g/mol. The summed E-state index contributed by atoms with van der Waals surface area (Å²) < 4.78 is 0. The summed E-state index contributed by atoms with van der Waals surface area (Å²) in [4.78, 5) is 65.4. The molecule has 220 valence electrons. The van der Waals surface area contributed by atoms with Crippen LogP contribution in [0.2, 0.25) is 0 Å². The van der Waals surface area contributed by atoms with Crippen molar-refractivity contribution in [3.63, 3.8) is 0 Å². The maximum absolute atomic E-state index is 13.5. The number of para-hydroxylation sites is 1. The van der Waals surface area contributed by atoms with Gasteiger partial charge in [-0.05, 0) is 54.9 Å². The molecule has 14 heteroatoms. The van der Waals surface area contributed by atoms with E-state index in [0.29, 0.717) is 17.9 Å². The maximum atomic E-state index is 13.5. The lowest BCUT2D eigenvalue weighted by molar-refractivity contribution is -0.143. The van der Waals surface area contributed by atoms with Crippen LogP contribution in [0.3, 0.4) is 0 Å². The van der Waals surface area contributed by atoms with Gasteiger partial charge < -0.3 is 36.9 Å². The van der Waals surface area contributed by atoms with Gasteiger partial charge in [-0.3, -0.25) is 19.2 Å². The van der Waals surface area contributed by atoms with Crippen LogP contribution in [0.25, 0.3) is 10.9 Å². The van der Waals surface area contributed by atoms with Crippen LogP contribution >= 0.6 is 23.5 Å². The zero-order valence-electron chi connectivity index (χ0n) is 22.5. The van der Waals surface area contributed by atoms with Crippen molar-refractivity contribution < 1.29 is 34.2 Å². The summed E-state index contributed by atoms with van der Waals surface area (Å²) in [6.45, 7) is 0. The van der Waals surface area contributed by atoms with Crippen molar-refractivity contribution in [3.05, 3.63) is 36.0 Å². The molecule has 1 aromatic carbocycles. The van der Waals surface area contributed by atoms with Gasteiger partial charge in [0.15, 0.2) is 0 Å². The zero-order valence-corrected chi connectivity index (χ0v) is 24.1. The second kappa shape index (κ2) is 16.8. The van der Waals surface area contributed by atoms with Gasteiger partial charge in [0.25, 0.3) is 0 Å². The third-order valence-electron chi connectivity index (χ3n) is 6.21. The number of carboxylic acid groups (broad SMARTS) is 2. The molecule has 1 aromatic heterocycles. The largest absolute Gasteiger partial charge is 0.481 e. The van der Waals surface area contributed by atoms with Gasteiger partial charge in [-0.1, -0.05) is 18.2 Å². The number of hydrogen-bond donors (Lipinski definition) is 7. The summed E-state index contributed by atoms with van der Waals surface area (Å²) in [6, 6.07) is 2.89. The minimum Gasteiger partial charge on any atom is -0.481 e. The van der Waals surface area contributed by atoms with Crippen molar-refractivity contribution in [2.24, 2.45) is 5.73 Å². The molecule has 12 nitrogen and oxygen atoms in total. The highest BCUT2D eigenvalue weighted by molar-refractivity contribution is 7.98. The fraction of sp³-hybridized carbons (Fsp3) is 0.500. The molecule has 0 saturated heterocycles. The zero-order chi connectivity index (χ0) is 29.7. The van der Waals surface area contributed by atoms with E-state index in [0.717, 1.165) is 16.5 Å². The summed E-state index contributed by atoms with van der Waals surface area (Å²) in [6.07, 6.45) is 5.29. The van der Waals surface area contributed by atoms with E-state index < -0.39 is 60.2 Å². The number of nitrogens with one attached hydrogen (secondary N) is 4. The predicted molar refractivity (Wildman–Crippen MR) is 156 cm³/mol. The Balaban J connectivity index is 2.29. The Morgan fingerprint density at radius 2 is 1.45 bits per heavy atom. The molecule has 0 saturated carbocycles. The molecule has 4 unspecified atom stereocenters. The van der Waals surface area contributed by atoms with E-state index in [9.17, 15) is 34.2 Å². The first-order chi connectivity index (χ1) is 19.1. The third-order valence-corrected chi connectivity index (χ3v) is 7.49. The molecular formula is C26H37N5O7S2. The number of nitrogens with two attached hydrogens (primary N) is 1. The molecule has 0 bridgehead atoms. The minimum absolute atomic E-state index is 0.0651. The molecule has 0 fully saturated rings. The second-order valence-electron chi connectivity index (χ2n) is 9.19. The summed E-state index contributed by atoms with van der Waals surface area (Å²) in [5.74, 6) is -3.40. The molecule has 0 aliphatic carbocycles. The number of fused-ring (bicyclic) bond motifs is 1. The Morgan fingerprint density at radius 1 is 0.850 bits per heavy atom. The van der Waals surface area contributed by atoms with Crippen LogP contribution in [0.4, 0.5) is 0 Å². The number of rotatable bonds is 18. The number of carbonyl (C=O) groups is 5. The average molecular weight is 596 g/mol. The first kappa shape index (κ1) is 33.0. The minimum atomic E-state index is -1.34. The molecule has 3 amide bonds. The number of benzene rings is 1. The SMILES string of the molecule is CSCCC(N)C(=O)NC(Cc1c[nH]c2ccccc12)C(=O)NC(CCC(=O)O)C(=O)NC(CCSC)C(=O)O. The lowest BCUT2D eigenvalue weighted by Gasteiger charge is -2.25. The molecular weight excluding hydrogens is 558 g/mol. The van der Waals surface area contributed by atoms with Gasteiger partial charge in [0.1, 0.15) is 18.1 Å². The Morgan fingerprint density at radius 3 is 2.10 bits per heavy atom. The van der Waals surface area contributed by atoms with Gasteiger partial charge in [0, 0.05) is 29.9 Å². The number of hydrogen-bond acceptors (Lipinski definition) is 8. The fourth-order valence-electron chi connectivity index (χ4n) is 3.96. The number of amides is 3. The Kier molecular flexibility index (Phi) is 13.8. The topological polar surface area (TPSA) is 204 Å². The molecule has 8 N–H and O–H groups in total. The van der Waals surface area contributed by atoms with Gasteiger partial charge in [-0.15, -0.1) is 0 Å². The van der Waals surface area contributed by atoms with E-state index in [1.807, 2.05) is 30.5 Å². The van der Waals surface area contributed by atoms with Crippen LogP contribution in [0.5, 0.6) is 0 Å². The quantitative estimate of drug-likeness (QED) is 0.130. The van der Waals surface area contributed by atoms with Crippen LogP contribution in [-0.2, 0) is 30.4 Å². The maximum Gasteiger partial charge on any atom is 0.326 e. The standard InChI is InChI=1S/C26H37N5O7S2/c1-39-11-9-17(27)23(34)31-21(13-15-14-28-18-6-4-3-5-16(15)18)25(36)29-19(7-8-22(32)33)24(35)30-20(26(37)38)10-12-40-2/h3-6,14,17,19-21,28H,7-13,27H2,1-2H3,(H,29,36)(H,30,35)(H,31,34)(H,32,33)(H,37,38). The Bertz CT molecular complexity index is 1180. The molecule has 1 heterocycles. The van der Waals surface area contributed by atoms with E-state index >= 15 is 0 Å². The van der Waals surface area contributed by atoms with Crippen molar-refractivity contribution in [1.29, 1.82) is 0 Å². The van der Waals surface area contributed by atoms with Gasteiger partial charge in [-0.2, -0.15) is 23.5 Å². The number of carbonyl (C=O) groups excluding carboxylic acids is 3. The van der Waals surface area contributed by atoms with Crippen LogP contribution in [0.1, 0.15) is 31.2 Å². The van der Waals surface area contributed by atoms with Crippen molar-refractivity contribution in [3.8, 4) is 0 Å². The number of thioether (sulfide) groups is 2. The molecule has 0 radical (unpaired) electrons. The number of aromatic amines is 1. The van der Waals surface area contributed by atoms with E-state index in [1.54, 1.807) is 12.5 Å². The van der Waals surface area contributed by atoms with Crippen LogP contribution in [0, 0.1) is 0 Å². The molecule has 40 heavy (non-hydrogen) atoms. The smallest absolute Gasteiger partial charge is 0.326 e. The fourth-order valence-corrected chi connectivity index (χ4v) is 4.92. The molecule has 2 aromatic rings. The number of H-pyrrole nitrogens is 1. The summed E-state index contributed by atoms with van der Waals surface area (Å²) in [5, 5.41) is 27.1. The van der Waals surface area contributed by atoms with Crippen LogP contribution in [0.15, 0.2) is 30.5 Å². The first-order valence-corrected chi connectivity index (χ1v) is 15.5. The van der Waals surface area contributed by atoms with E-state index in [2.05, 4.69) is 20.9 Å². The second-order valence-corrected chi connectivity index (χ2v) is 11.2. The normalized spacial score (nSPS) is 14.1. The average Bonchev–Trinajstić information content (AvgIpc) is 3.33. The number of carboxylic acids is 2. The predicted octanol–water partition coefficient (Wildman–Crippen LogP) is 0.948. The van der Waals surface area contributed by atoms with Crippen molar-refractivity contribution in [1.82, 2.24) is 20.9 Å². The van der Waals surface area contributed by atoms with Crippen LogP contribution < -0.4 is 21.7 Å². The Labute approximate surface area is 241 Å². The van der Waals surface area contributed by atoms with Gasteiger partial charge in [0.05, 0.1) is 6.04 Å². The molecule has 2 rings (SSSR count). The lowest BCUT2D eigenvalue weighted by Crippen LogP contribution is -2.57. The van der Waals surface area contributed by atoms with Crippen molar-refractivity contribution in [2.45, 2.75) is 56.3 Å². The lowest BCUT2D eigenvalue weighted by atomic mass is 10.0. The van der Waals surface area contributed by atoms with Crippen molar-refractivity contribution >= 4 is 64.1 Å². The van der Waals surface area contributed by atoms with Gasteiger partial charge >= 0.3 is 11.9 Å². The molecule has 0 aliphatic heterocycles.